The molecule has 2 aromatic carbocycles. The summed E-state index contributed by atoms with van der Waals surface area (Å²) in [5.41, 5.74) is -0.443. The van der Waals surface area contributed by atoms with E-state index in [1.54, 1.807) is 41.3 Å². The molecule has 35 heavy (non-hydrogen) atoms. The lowest BCUT2D eigenvalue weighted by Crippen LogP contribution is -2.48. The van der Waals surface area contributed by atoms with Crippen LogP contribution in [-0.2, 0) is 6.54 Å². The number of anilines is 1. The Labute approximate surface area is 203 Å². The van der Waals surface area contributed by atoms with Crippen LogP contribution in [0.1, 0.15) is 16.3 Å². The number of H-pyrrole nitrogens is 1. The van der Waals surface area contributed by atoms with Crippen LogP contribution in [0.15, 0.2) is 74.7 Å². The van der Waals surface area contributed by atoms with E-state index in [0.29, 0.717) is 42.8 Å². The molecule has 176 valence electrons. The van der Waals surface area contributed by atoms with Crippen molar-refractivity contribution in [2.45, 2.75) is 6.54 Å². The molecule has 6 rings (SSSR count). The van der Waals surface area contributed by atoms with Gasteiger partial charge in [-0.3, -0.25) is 19.1 Å². The molecule has 1 amide bonds. The number of hydrogen-bond acceptors (Lipinski definition) is 7. The molecule has 4 heterocycles. The van der Waals surface area contributed by atoms with E-state index in [-0.39, 0.29) is 18.2 Å². The normalized spacial score (nSPS) is 14.2. The van der Waals surface area contributed by atoms with Crippen LogP contribution in [0, 0.1) is 0 Å². The van der Waals surface area contributed by atoms with Crippen LogP contribution >= 0.6 is 11.5 Å². The van der Waals surface area contributed by atoms with Gasteiger partial charge in [-0.1, -0.05) is 24.3 Å². The summed E-state index contributed by atoms with van der Waals surface area (Å²) in [6.07, 6.45) is 0. The van der Waals surface area contributed by atoms with E-state index in [2.05, 4.69) is 26.4 Å². The van der Waals surface area contributed by atoms with Crippen LogP contribution in [0.3, 0.4) is 0 Å². The van der Waals surface area contributed by atoms with Gasteiger partial charge in [0.15, 0.2) is 5.76 Å². The number of fused-ring (bicyclic) bond motifs is 2. The largest absolute Gasteiger partial charge is 0.454 e. The van der Waals surface area contributed by atoms with Gasteiger partial charge in [-0.25, -0.2) is 4.79 Å². The number of aromatic nitrogens is 3. The maximum absolute atomic E-state index is 13.1. The smallest absolute Gasteiger partial charge is 0.329 e. The Kier molecular flexibility index (Phi) is 5.22. The topological polar surface area (TPSA) is 104 Å². The van der Waals surface area contributed by atoms with Crippen molar-refractivity contribution < 1.29 is 9.21 Å². The number of rotatable bonds is 4. The summed E-state index contributed by atoms with van der Waals surface area (Å²) in [4.78, 5) is 43.9. The Balaban J connectivity index is 1.17. The van der Waals surface area contributed by atoms with Crippen molar-refractivity contribution in [3.8, 4) is 0 Å². The average molecular weight is 488 g/mol. The van der Waals surface area contributed by atoms with E-state index in [0.717, 1.165) is 15.9 Å². The number of amides is 1. The highest BCUT2D eigenvalue weighted by atomic mass is 32.1. The van der Waals surface area contributed by atoms with Gasteiger partial charge in [-0.15, -0.1) is 0 Å². The Morgan fingerprint density at radius 2 is 1.69 bits per heavy atom. The first-order chi connectivity index (χ1) is 17.1. The van der Waals surface area contributed by atoms with Crippen LogP contribution < -0.4 is 16.1 Å². The first-order valence-electron chi connectivity index (χ1n) is 11.3. The molecule has 1 aliphatic heterocycles. The molecular formula is C25H21N5O4S. The second kappa shape index (κ2) is 8.55. The quantitative estimate of drug-likeness (QED) is 0.418. The highest BCUT2D eigenvalue weighted by molar-refractivity contribution is 7.13. The van der Waals surface area contributed by atoms with Crippen LogP contribution in [0.2, 0.25) is 0 Å². The summed E-state index contributed by atoms with van der Waals surface area (Å²) in [5, 5.41) is 1.55. The van der Waals surface area contributed by atoms with Gasteiger partial charge < -0.3 is 14.2 Å². The predicted octanol–water partition coefficient (Wildman–Crippen LogP) is 2.90. The van der Waals surface area contributed by atoms with Crippen molar-refractivity contribution in [3.05, 3.63) is 93.0 Å². The lowest BCUT2D eigenvalue weighted by Gasteiger charge is -2.34. The summed E-state index contributed by atoms with van der Waals surface area (Å²) in [6, 6.07) is 18.4. The Hall–Kier alpha value is -4.18. The molecule has 0 bridgehead atoms. The minimum Gasteiger partial charge on any atom is -0.454 e. The second-order valence-corrected chi connectivity index (χ2v) is 9.22. The summed E-state index contributed by atoms with van der Waals surface area (Å²) in [7, 11) is 0. The highest BCUT2D eigenvalue weighted by Gasteiger charge is 2.26. The van der Waals surface area contributed by atoms with E-state index in [9.17, 15) is 14.4 Å². The molecule has 10 heteroatoms. The monoisotopic (exact) mass is 487 g/mol. The van der Waals surface area contributed by atoms with E-state index in [1.807, 2.05) is 12.1 Å². The zero-order valence-corrected chi connectivity index (χ0v) is 19.5. The summed E-state index contributed by atoms with van der Waals surface area (Å²) in [6.45, 7) is 2.60. The van der Waals surface area contributed by atoms with Crippen LogP contribution in [-0.4, -0.2) is 50.9 Å². The molecule has 0 spiro atoms. The Morgan fingerprint density at radius 3 is 2.51 bits per heavy atom. The van der Waals surface area contributed by atoms with Crippen molar-refractivity contribution in [1.82, 2.24) is 18.8 Å². The zero-order chi connectivity index (χ0) is 23.9. The fourth-order valence-corrected chi connectivity index (χ4v) is 5.31. The number of para-hydroxylation sites is 1. The lowest BCUT2D eigenvalue weighted by molar-refractivity contribution is 0.0712. The van der Waals surface area contributed by atoms with Gasteiger partial charge in [-0.2, -0.15) is 4.37 Å². The van der Waals surface area contributed by atoms with Crippen LogP contribution in [0.5, 0.6) is 0 Å². The molecule has 1 saturated heterocycles. The van der Waals surface area contributed by atoms with Crippen LogP contribution in [0.25, 0.3) is 21.0 Å². The number of furan rings is 1. The number of benzene rings is 2. The number of aromatic amines is 1. The minimum absolute atomic E-state index is 0.105. The van der Waals surface area contributed by atoms with Crippen LogP contribution in [0.4, 0.5) is 5.82 Å². The minimum atomic E-state index is -0.524. The first-order valence-corrected chi connectivity index (χ1v) is 12.0. The molecule has 5 aromatic rings. The third-order valence-electron chi connectivity index (χ3n) is 6.32. The fourth-order valence-electron chi connectivity index (χ4n) is 4.51. The van der Waals surface area contributed by atoms with Gasteiger partial charge in [0.1, 0.15) is 11.6 Å². The van der Waals surface area contributed by atoms with Gasteiger partial charge in [0.05, 0.1) is 22.1 Å². The molecule has 0 aliphatic carbocycles. The third kappa shape index (κ3) is 3.81. The standard InChI is InChI=1S/C25H21N5O4S/c31-23-17-5-1-3-7-19(17)30(25(33)26-23)15-16-9-10-20(34-16)24(32)29-13-11-28(12-14-29)22-18-6-2-4-8-21(18)35-27-22/h1-10H,11-15H2,(H,26,31,33). The Morgan fingerprint density at radius 1 is 0.943 bits per heavy atom. The predicted molar refractivity (Wildman–Crippen MR) is 134 cm³/mol. The van der Waals surface area contributed by atoms with Crippen molar-refractivity contribution in [2.75, 3.05) is 31.1 Å². The highest BCUT2D eigenvalue weighted by Crippen LogP contribution is 2.30. The molecule has 1 aliphatic rings. The van der Waals surface area contributed by atoms with Gasteiger partial charge in [0, 0.05) is 31.6 Å². The third-order valence-corrected chi connectivity index (χ3v) is 7.13. The SMILES string of the molecule is O=C(c1ccc(Cn2c(=O)[nH]c(=O)c3ccccc32)o1)N1CCN(c2nsc3ccccc23)CC1. The van der Waals surface area contributed by atoms with E-state index in [1.165, 1.54) is 16.1 Å². The molecule has 0 saturated carbocycles. The number of hydrogen-bond donors (Lipinski definition) is 1. The maximum Gasteiger partial charge on any atom is 0.329 e. The summed E-state index contributed by atoms with van der Waals surface area (Å²) >= 11 is 1.49. The molecule has 9 nitrogen and oxygen atoms in total. The first kappa shape index (κ1) is 21.4. The van der Waals surface area contributed by atoms with Gasteiger partial charge in [0.25, 0.3) is 11.5 Å². The number of carbonyl (C=O) groups excluding carboxylic acids is 1. The number of piperazine rings is 1. The van der Waals surface area contributed by atoms with Crippen molar-refractivity contribution >= 4 is 44.2 Å². The van der Waals surface area contributed by atoms with E-state index >= 15 is 0 Å². The maximum atomic E-state index is 13.1. The van der Waals surface area contributed by atoms with Crippen molar-refractivity contribution in [2.24, 2.45) is 0 Å². The molecule has 0 radical (unpaired) electrons. The van der Waals surface area contributed by atoms with Gasteiger partial charge in [-0.05, 0) is 47.9 Å². The molecule has 0 atom stereocenters. The second-order valence-electron chi connectivity index (χ2n) is 8.41. The van der Waals surface area contributed by atoms with Gasteiger partial charge in [0.2, 0.25) is 0 Å². The van der Waals surface area contributed by atoms with Crippen molar-refractivity contribution in [3.63, 3.8) is 0 Å². The van der Waals surface area contributed by atoms with Crippen molar-refractivity contribution in [1.29, 1.82) is 0 Å². The molecular weight excluding hydrogens is 466 g/mol. The lowest BCUT2D eigenvalue weighted by atomic mass is 10.2. The fraction of sp³-hybridized carbons (Fsp3) is 0.200. The summed E-state index contributed by atoms with van der Waals surface area (Å²) < 4.78 is 13.0. The average Bonchev–Trinajstić information content (AvgIpc) is 3.54. The summed E-state index contributed by atoms with van der Waals surface area (Å²) in [5.74, 6) is 1.48. The molecule has 0 unspecified atom stereocenters. The molecule has 1 N–H and O–H groups in total. The van der Waals surface area contributed by atoms with Gasteiger partial charge >= 0.3 is 5.69 Å². The number of carbonyl (C=O) groups is 1. The Bertz CT molecular complexity index is 1670. The molecule has 1 fully saturated rings. The zero-order valence-electron chi connectivity index (χ0n) is 18.6. The van der Waals surface area contributed by atoms with E-state index in [4.69, 9.17) is 4.42 Å². The number of nitrogens with one attached hydrogen (secondary N) is 1. The molecule has 3 aromatic heterocycles. The van der Waals surface area contributed by atoms with E-state index < -0.39 is 11.2 Å². The number of nitrogens with zero attached hydrogens (tertiary/aromatic N) is 4.